The van der Waals surface area contributed by atoms with E-state index < -0.39 is 41.5 Å². The van der Waals surface area contributed by atoms with E-state index in [1.807, 2.05) is 7.05 Å². The highest BCUT2D eigenvalue weighted by atomic mass is 19.4. The Labute approximate surface area is 230 Å². The van der Waals surface area contributed by atoms with Crippen molar-refractivity contribution < 1.29 is 36.7 Å². The number of pyridine rings is 1. The van der Waals surface area contributed by atoms with Gasteiger partial charge in [0.1, 0.15) is 17.1 Å². The number of hydrogen-bond acceptors (Lipinski definition) is 8. The van der Waals surface area contributed by atoms with Crippen LogP contribution in [0.1, 0.15) is 45.3 Å². The van der Waals surface area contributed by atoms with Gasteiger partial charge in [-0.05, 0) is 56.7 Å². The van der Waals surface area contributed by atoms with E-state index >= 15 is 0 Å². The molecule has 41 heavy (non-hydrogen) atoms. The number of primary amides is 1. The molecule has 1 fully saturated rings. The highest BCUT2D eigenvalue weighted by Crippen LogP contribution is 2.28. The van der Waals surface area contributed by atoms with Crippen LogP contribution in [-0.2, 0) is 11.2 Å². The van der Waals surface area contributed by atoms with E-state index in [9.17, 15) is 31.9 Å². The molecule has 1 aliphatic heterocycles. The molecule has 12 nitrogen and oxygen atoms in total. The minimum Gasteiger partial charge on any atom is -0.406 e. The van der Waals surface area contributed by atoms with Gasteiger partial charge in [-0.3, -0.25) is 14.4 Å². The number of nitrogen functional groups attached to an aromatic ring is 1. The molecule has 4 rings (SSSR count). The number of halogens is 4. The Balaban J connectivity index is 1.46. The quantitative estimate of drug-likeness (QED) is 0.234. The number of alkyl halides is 3. The zero-order chi connectivity index (χ0) is 29.9. The summed E-state index contributed by atoms with van der Waals surface area (Å²) in [7, 11) is 1.96. The van der Waals surface area contributed by atoms with Crippen LogP contribution >= 0.6 is 0 Å². The number of ether oxygens (including phenoxy) is 1. The SMILES string of the molecule is CN1CCC(n2nc(C(=O)Nc3cc(NC(=O)Cc4ccc(OC(F)(F)F)cc4)cnc3F)c(C(N)=O)c2N)CC1. The highest BCUT2D eigenvalue weighted by Gasteiger charge is 2.31. The molecule has 218 valence electrons. The second-order valence-electron chi connectivity index (χ2n) is 9.39. The number of nitrogens with zero attached hydrogens (tertiary/aromatic N) is 4. The molecule has 0 radical (unpaired) electrons. The van der Waals surface area contributed by atoms with Crippen LogP contribution in [0.3, 0.4) is 0 Å². The minimum absolute atomic E-state index is 0.00946. The Kier molecular flexibility index (Phi) is 8.41. The normalized spacial score (nSPS) is 14.5. The molecule has 16 heteroatoms. The third kappa shape index (κ3) is 7.27. The molecule has 2 aromatic heterocycles. The molecule has 3 heterocycles. The first-order chi connectivity index (χ1) is 19.3. The van der Waals surface area contributed by atoms with Gasteiger partial charge < -0.3 is 31.7 Å². The Morgan fingerprint density at radius 3 is 2.39 bits per heavy atom. The molecular weight excluding hydrogens is 552 g/mol. The lowest BCUT2D eigenvalue weighted by molar-refractivity contribution is -0.274. The van der Waals surface area contributed by atoms with Crippen molar-refractivity contribution in [2.24, 2.45) is 5.73 Å². The molecular formula is C25H26F4N8O4. The van der Waals surface area contributed by atoms with Crippen LogP contribution < -0.4 is 26.8 Å². The number of rotatable bonds is 8. The maximum atomic E-state index is 14.5. The molecule has 1 aromatic carbocycles. The number of hydrogen-bond donors (Lipinski definition) is 4. The fourth-order valence-corrected chi connectivity index (χ4v) is 4.35. The first-order valence-corrected chi connectivity index (χ1v) is 12.3. The topological polar surface area (TPSA) is 170 Å². The Bertz CT molecular complexity index is 1450. The van der Waals surface area contributed by atoms with Gasteiger partial charge in [-0.25, -0.2) is 9.67 Å². The highest BCUT2D eigenvalue weighted by molar-refractivity contribution is 6.13. The minimum atomic E-state index is -4.84. The monoisotopic (exact) mass is 578 g/mol. The largest absolute Gasteiger partial charge is 0.573 e. The third-order valence-corrected chi connectivity index (χ3v) is 6.34. The lowest BCUT2D eigenvalue weighted by Gasteiger charge is -2.29. The van der Waals surface area contributed by atoms with Gasteiger partial charge in [-0.15, -0.1) is 13.2 Å². The van der Waals surface area contributed by atoms with Crippen molar-refractivity contribution in [3.8, 4) is 5.75 Å². The molecule has 0 bridgehead atoms. The van der Waals surface area contributed by atoms with E-state index in [0.717, 1.165) is 37.5 Å². The van der Waals surface area contributed by atoms with Crippen molar-refractivity contribution in [3.63, 3.8) is 0 Å². The second-order valence-corrected chi connectivity index (χ2v) is 9.39. The summed E-state index contributed by atoms with van der Waals surface area (Å²) in [6.45, 7) is 1.51. The zero-order valence-electron chi connectivity index (χ0n) is 21.7. The van der Waals surface area contributed by atoms with Gasteiger partial charge in [-0.2, -0.15) is 9.49 Å². The van der Waals surface area contributed by atoms with Crippen LogP contribution in [-0.4, -0.2) is 63.9 Å². The average molecular weight is 579 g/mol. The maximum absolute atomic E-state index is 14.5. The molecule has 0 unspecified atom stereocenters. The van der Waals surface area contributed by atoms with Crippen LogP contribution in [0.15, 0.2) is 36.5 Å². The molecule has 1 saturated heterocycles. The van der Waals surface area contributed by atoms with E-state index in [-0.39, 0.29) is 35.2 Å². The molecule has 3 aromatic rings. The van der Waals surface area contributed by atoms with Crippen molar-refractivity contribution in [1.82, 2.24) is 19.7 Å². The summed E-state index contributed by atoms with van der Waals surface area (Å²) in [5, 5.41) is 8.97. The van der Waals surface area contributed by atoms with Crippen LogP contribution in [0.4, 0.5) is 34.8 Å². The van der Waals surface area contributed by atoms with Crippen LogP contribution in [0.5, 0.6) is 5.75 Å². The summed E-state index contributed by atoms with van der Waals surface area (Å²) >= 11 is 0. The van der Waals surface area contributed by atoms with Crippen molar-refractivity contribution >= 4 is 34.9 Å². The lowest BCUT2D eigenvalue weighted by Crippen LogP contribution is -2.32. The number of piperidine rings is 1. The maximum Gasteiger partial charge on any atom is 0.573 e. The molecule has 0 aliphatic carbocycles. The van der Waals surface area contributed by atoms with E-state index in [1.54, 1.807) is 0 Å². The summed E-state index contributed by atoms with van der Waals surface area (Å²) in [6.07, 6.45) is -2.73. The Hall–Kier alpha value is -4.73. The van der Waals surface area contributed by atoms with Gasteiger partial charge in [0, 0.05) is 0 Å². The Morgan fingerprint density at radius 2 is 1.78 bits per heavy atom. The van der Waals surface area contributed by atoms with Gasteiger partial charge in [0.25, 0.3) is 11.8 Å². The molecule has 0 spiro atoms. The number of benzene rings is 1. The van der Waals surface area contributed by atoms with E-state index in [1.165, 1.54) is 16.8 Å². The first-order valence-electron chi connectivity index (χ1n) is 12.3. The second kappa shape index (κ2) is 11.8. The number of amides is 3. The van der Waals surface area contributed by atoms with Gasteiger partial charge in [-0.1, -0.05) is 12.1 Å². The van der Waals surface area contributed by atoms with E-state index in [4.69, 9.17) is 11.5 Å². The number of carbonyl (C=O) groups is 3. The zero-order valence-corrected chi connectivity index (χ0v) is 21.7. The smallest absolute Gasteiger partial charge is 0.406 e. The van der Waals surface area contributed by atoms with Gasteiger partial charge in [0.15, 0.2) is 5.69 Å². The fraction of sp³-hybridized carbons (Fsp3) is 0.320. The predicted octanol–water partition coefficient (Wildman–Crippen LogP) is 2.70. The number of anilines is 3. The molecule has 1 aliphatic rings. The predicted molar refractivity (Wildman–Crippen MR) is 139 cm³/mol. The van der Waals surface area contributed by atoms with Crippen molar-refractivity contribution in [2.45, 2.75) is 31.7 Å². The summed E-state index contributed by atoms with van der Waals surface area (Å²) in [5.74, 6) is -4.15. The molecule has 6 N–H and O–H groups in total. The van der Waals surface area contributed by atoms with Crippen molar-refractivity contribution in [1.29, 1.82) is 0 Å². The van der Waals surface area contributed by atoms with Gasteiger partial charge >= 0.3 is 6.36 Å². The number of likely N-dealkylation sites (tertiary alicyclic amines) is 1. The third-order valence-electron chi connectivity index (χ3n) is 6.34. The first kappa shape index (κ1) is 29.3. The number of nitrogens with one attached hydrogen (secondary N) is 2. The van der Waals surface area contributed by atoms with E-state index in [0.29, 0.717) is 18.4 Å². The number of nitrogens with two attached hydrogens (primary N) is 2. The molecule has 0 saturated carbocycles. The van der Waals surface area contributed by atoms with Crippen LogP contribution in [0.25, 0.3) is 0 Å². The number of aromatic nitrogens is 3. The summed E-state index contributed by atoms with van der Waals surface area (Å²) in [4.78, 5) is 43.3. The lowest BCUT2D eigenvalue weighted by atomic mass is 10.1. The van der Waals surface area contributed by atoms with Crippen molar-refractivity contribution in [2.75, 3.05) is 36.5 Å². The molecule has 0 atom stereocenters. The van der Waals surface area contributed by atoms with Crippen molar-refractivity contribution in [3.05, 3.63) is 59.3 Å². The average Bonchev–Trinajstić information content (AvgIpc) is 3.24. The Morgan fingerprint density at radius 1 is 1.12 bits per heavy atom. The standard InChI is InChI=1S/C25H26F4N8O4/c1-36-8-6-15(7-9-36)37-22(30)19(23(31)39)20(35-37)24(40)34-17-11-14(12-32-21(17)26)33-18(38)10-13-2-4-16(5-3-13)41-25(27,28)29/h2-5,11-12,15H,6-10,30H2,1H3,(H2,31,39)(H,33,38)(H,34,40). The summed E-state index contributed by atoms with van der Waals surface area (Å²) < 4.78 is 56.6. The summed E-state index contributed by atoms with van der Waals surface area (Å²) in [5.41, 5.74) is 10.9. The van der Waals surface area contributed by atoms with E-state index in [2.05, 4.69) is 30.4 Å². The fourth-order valence-electron chi connectivity index (χ4n) is 4.35. The van der Waals surface area contributed by atoms with Gasteiger partial charge in [0.2, 0.25) is 11.9 Å². The van der Waals surface area contributed by atoms with Crippen LogP contribution in [0.2, 0.25) is 0 Å². The number of carbonyl (C=O) groups excluding carboxylic acids is 3. The van der Waals surface area contributed by atoms with Gasteiger partial charge in [0.05, 0.1) is 30.0 Å². The molecule has 3 amide bonds. The summed E-state index contributed by atoms with van der Waals surface area (Å²) in [6, 6.07) is 5.61. The van der Waals surface area contributed by atoms with Crippen LogP contribution in [0, 0.1) is 5.95 Å².